The van der Waals surface area contributed by atoms with Crippen molar-refractivity contribution in [2.45, 2.75) is 13.0 Å². The number of aliphatic imine (C=N–C) groups is 1. The van der Waals surface area contributed by atoms with Gasteiger partial charge in [0.15, 0.2) is 5.96 Å². The molecule has 0 saturated heterocycles. The first-order chi connectivity index (χ1) is 10.2. The molecule has 1 aromatic rings. The summed E-state index contributed by atoms with van der Waals surface area (Å²) in [7, 11) is -1.71. The third kappa shape index (κ3) is 8.42. The van der Waals surface area contributed by atoms with Crippen molar-refractivity contribution in [2.75, 3.05) is 26.4 Å². The summed E-state index contributed by atoms with van der Waals surface area (Å²) >= 11 is 0. The van der Waals surface area contributed by atoms with Crippen LogP contribution in [0.5, 0.6) is 0 Å². The van der Waals surface area contributed by atoms with Crippen LogP contribution in [-0.4, -0.2) is 40.8 Å². The van der Waals surface area contributed by atoms with Crippen molar-refractivity contribution in [3.05, 3.63) is 35.4 Å². The molecule has 6 nitrogen and oxygen atoms in total. The molecule has 0 fully saturated rings. The highest BCUT2D eigenvalue weighted by Crippen LogP contribution is 2.17. The van der Waals surface area contributed by atoms with Gasteiger partial charge in [-0.1, -0.05) is 6.07 Å². The van der Waals surface area contributed by atoms with E-state index in [4.69, 9.17) is 0 Å². The summed E-state index contributed by atoms with van der Waals surface area (Å²) < 4.78 is 50.7. The predicted octanol–water partition coefficient (Wildman–Crippen LogP) is 1.36. The maximum absolute atomic E-state index is 13.7. The van der Waals surface area contributed by atoms with Crippen LogP contribution in [0.4, 0.5) is 8.78 Å². The lowest BCUT2D eigenvalue weighted by molar-refractivity contribution is 0.550. The van der Waals surface area contributed by atoms with Crippen molar-refractivity contribution in [2.24, 2.45) is 4.99 Å². The molecule has 0 aliphatic rings. The standard InChI is InChI=1S/C13H20F2N4O2S.HI/c1-9(11-5-4-10(14)8-12(11)15)19-13(16-2)17-6-7-18-22(3,20)21;/h4-5,8-9,18H,6-7H2,1-3H3,(H2,16,17,19);1H. The Labute approximate surface area is 152 Å². The van der Waals surface area contributed by atoms with Gasteiger partial charge in [-0.2, -0.15) is 0 Å². The molecule has 1 unspecified atom stereocenters. The van der Waals surface area contributed by atoms with Crippen LogP contribution in [0.2, 0.25) is 0 Å². The minimum absolute atomic E-state index is 0. The van der Waals surface area contributed by atoms with E-state index in [1.807, 2.05) is 0 Å². The Balaban J connectivity index is 0.00000484. The number of hydrogen-bond donors (Lipinski definition) is 3. The van der Waals surface area contributed by atoms with Crippen molar-refractivity contribution in [1.29, 1.82) is 0 Å². The first-order valence-corrected chi connectivity index (χ1v) is 8.49. The van der Waals surface area contributed by atoms with E-state index < -0.39 is 27.7 Å². The second kappa shape index (κ2) is 9.98. The highest BCUT2D eigenvalue weighted by molar-refractivity contribution is 14.0. The lowest BCUT2D eigenvalue weighted by Gasteiger charge is -2.18. The van der Waals surface area contributed by atoms with Gasteiger partial charge in [0.2, 0.25) is 10.0 Å². The molecule has 1 atom stereocenters. The van der Waals surface area contributed by atoms with Crippen molar-refractivity contribution in [1.82, 2.24) is 15.4 Å². The van der Waals surface area contributed by atoms with Crippen molar-refractivity contribution < 1.29 is 17.2 Å². The zero-order chi connectivity index (χ0) is 16.8. The fourth-order valence-electron chi connectivity index (χ4n) is 1.75. The molecule has 0 heterocycles. The van der Waals surface area contributed by atoms with Gasteiger partial charge in [0.05, 0.1) is 12.3 Å². The fraction of sp³-hybridized carbons (Fsp3) is 0.462. The third-order valence-corrected chi connectivity index (χ3v) is 3.52. The molecule has 0 amide bonds. The second-order valence-electron chi connectivity index (χ2n) is 4.70. The normalized spacial score (nSPS) is 13.2. The van der Waals surface area contributed by atoms with Gasteiger partial charge in [-0.15, -0.1) is 24.0 Å². The summed E-state index contributed by atoms with van der Waals surface area (Å²) in [5, 5.41) is 5.83. The van der Waals surface area contributed by atoms with Crippen LogP contribution in [-0.2, 0) is 10.0 Å². The van der Waals surface area contributed by atoms with Gasteiger partial charge < -0.3 is 10.6 Å². The molecule has 0 spiro atoms. The van der Waals surface area contributed by atoms with E-state index in [2.05, 4.69) is 20.3 Å². The number of nitrogens with one attached hydrogen (secondary N) is 3. The quantitative estimate of drug-likeness (QED) is 0.258. The van der Waals surface area contributed by atoms with Gasteiger partial charge >= 0.3 is 0 Å². The number of hydrogen-bond acceptors (Lipinski definition) is 3. The average Bonchev–Trinajstić information content (AvgIpc) is 2.40. The fourth-order valence-corrected chi connectivity index (χ4v) is 2.22. The third-order valence-electron chi connectivity index (χ3n) is 2.79. The van der Waals surface area contributed by atoms with Crippen LogP contribution in [0.15, 0.2) is 23.2 Å². The number of benzene rings is 1. The molecule has 0 aliphatic carbocycles. The zero-order valence-electron chi connectivity index (χ0n) is 13.1. The Morgan fingerprint density at radius 2 is 1.96 bits per heavy atom. The Morgan fingerprint density at radius 3 is 2.48 bits per heavy atom. The summed E-state index contributed by atoms with van der Waals surface area (Å²) in [6, 6.07) is 2.93. The number of rotatable bonds is 6. The van der Waals surface area contributed by atoms with E-state index in [1.54, 1.807) is 6.92 Å². The average molecular weight is 462 g/mol. The molecule has 10 heteroatoms. The van der Waals surface area contributed by atoms with Crippen LogP contribution >= 0.6 is 24.0 Å². The van der Waals surface area contributed by atoms with E-state index in [0.717, 1.165) is 12.3 Å². The molecule has 0 bridgehead atoms. The van der Waals surface area contributed by atoms with Gasteiger partial charge in [0.25, 0.3) is 0 Å². The van der Waals surface area contributed by atoms with Crippen molar-refractivity contribution >= 4 is 40.0 Å². The summed E-state index contributed by atoms with van der Waals surface area (Å²) in [5.41, 5.74) is 0.304. The first-order valence-electron chi connectivity index (χ1n) is 6.59. The van der Waals surface area contributed by atoms with E-state index >= 15 is 0 Å². The van der Waals surface area contributed by atoms with Gasteiger partial charge in [-0.3, -0.25) is 4.99 Å². The molecule has 23 heavy (non-hydrogen) atoms. The van der Waals surface area contributed by atoms with Gasteiger partial charge in [-0.05, 0) is 13.0 Å². The van der Waals surface area contributed by atoms with Gasteiger partial charge in [-0.25, -0.2) is 21.9 Å². The van der Waals surface area contributed by atoms with Gasteiger partial charge in [0.1, 0.15) is 11.6 Å². The Bertz CT molecular complexity index is 641. The summed E-state index contributed by atoms with van der Waals surface area (Å²) in [6.07, 6.45) is 1.07. The summed E-state index contributed by atoms with van der Waals surface area (Å²) in [5.74, 6) is -0.900. The Hall–Kier alpha value is -1.01. The number of halogens is 3. The highest BCUT2D eigenvalue weighted by Gasteiger charge is 2.13. The largest absolute Gasteiger partial charge is 0.355 e. The molecule has 0 radical (unpaired) electrons. The lowest BCUT2D eigenvalue weighted by Crippen LogP contribution is -2.42. The van der Waals surface area contributed by atoms with E-state index in [1.165, 1.54) is 19.2 Å². The molecule has 0 aliphatic heterocycles. The number of sulfonamides is 1. The SMILES string of the molecule is CN=C(NCCNS(C)(=O)=O)NC(C)c1ccc(F)cc1F.I. The van der Waals surface area contributed by atoms with E-state index in [0.29, 0.717) is 18.1 Å². The van der Waals surface area contributed by atoms with Gasteiger partial charge in [0, 0.05) is 31.8 Å². The van der Waals surface area contributed by atoms with E-state index in [9.17, 15) is 17.2 Å². The zero-order valence-corrected chi connectivity index (χ0v) is 16.2. The minimum atomic E-state index is -3.24. The van der Waals surface area contributed by atoms with Crippen LogP contribution in [0, 0.1) is 11.6 Å². The maximum Gasteiger partial charge on any atom is 0.208 e. The Kier molecular flexibility index (Phi) is 9.54. The Morgan fingerprint density at radius 1 is 1.30 bits per heavy atom. The van der Waals surface area contributed by atoms with Crippen LogP contribution in [0.1, 0.15) is 18.5 Å². The first kappa shape index (κ1) is 22.0. The lowest BCUT2D eigenvalue weighted by atomic mass is 10.1. The summed E-state index contributed by atoms with van der Waals surface area (Å²) in [6.45, 7) is 2.21. The molecular weight excluding hydrogens is 441 g/mol. The smallest absolute Gasteiger partial charge is 0.208 e. The van der Waals surface area contributed by atoms with E-state index in [-0.39, 0.29) is 30.5 Å². The number of guanidine groups is 1. The maximum atomic E-state index is 13.7. The molecular formula is C13H21F2IN4O2S. The van der Waals surface area contributed by atoms with Crippen LogP contribution < -0.4 is 15.4 Å². The van der Waals surface area contributed by atoms with Crippen LogP contribution in [0.25, 0.3) is 0 Å². The highest BCUT2D eigenvalue weighted by atomic mass is 127. The second-order valence-corrected chi connectivity index (χ2v) is 6.53. The van der Waals surface area contributed by atoms with Crippen molar-refractivity contribution in [3.63, 3.8) is 0 Å². The molecule has 0 saturated carbocycles. The summed E-state index contributed by atoms with van der Waals surface area (Å²) in [4.78, 5) is 3.96. The molecule has 132 valence electrons. The molecule has 3 N–H and O–H groups in total. The molecule has 1 aromatic carbocycles. The molecule has 1 rings (SSSR count). The monoisotopic (exact) mass is 462 g/mol. The van der Waals surface area contributed by atoms with Crippen LogP contribution in [0.3, 0.4) is 0 Å². The molecule has 0 aromatic heterocycles. The number of nitrogens with zero attached hydrogens (tertiary/aromatic N) is 1. The predicted molar refractivity (Wildman–Crippen MR) is 97.5 cm³/mol. The van der Waals surface area contributed by atoms with Crippen molar-refractivity contribution in [3.8, 4) is 0 Å². The topological polar surface area (TPSA) is 82.6 Å². The minimum Gasteiger partial charge on any atom is -0.355 e.